The lowest BCUT2D eigenvalue weighted by Gasteiger charge is -2.01. The van der Waals surface area contributed by atoms with E-state index in [0.29, 0.717) is 0 Å². The Hall–Kier alpha value is -1.65. The lowest BCUT2D eigenvalue weighted by atomic mass is 10.2. The highest BCUT2D eigenvalue weighted by Crippen LogP contribution is 2.17. The van der Waals surface area contributed by atoms with E-state index < -0.39 is 0 Å². The molecule has 3 rings (SSSR count). The largest absolute Gasteiger partial charge is 0.361 e. The third kappa shape index (κ3) is 2.30. The van der Waals surface area contributed by atoms with Gasteiger partial charge in [-0.3, -0.25) is 0 Å². The lowest BCUT2D eigenvalue weighted by Crippen LogP contribution is -2.11. The molecule has 92 valence electrons. The first-order chi connectivity index (χ1) is 8.83. The molecule has 0 saturated heterocycles. The predicted molar refractivity (Wildman–Crippen MR) is 75.7 cm³/mol. The second-order valence-electron chi connectivity index (χ2n) is 4.31. The summed E-state index contributed by atoms with van der Waals surface area (Å²) in [5.74, 6) is 0. The van der Waals surface area contributed by atoms with Gasteiger partial charge in [0.25, 0.3) is 0 Å². The third-order valence-corrected chi connectivity index (χ3v) is 3.87. The predicted octanol–water partition coefficient (Wildman–Crippen LogP) is 3.22. The van der Waals surface area contributed by atoms with Gasteiger partial charge in [-0.15, -0.1) is 11.3 Å². The molecule has 0 atom stereocenters. The number of nitrogens with one attached hydrogen (secondary N) is 2. The smallest absolute Gasteiger partial charge is 0.0897 e. The summed E-state index contributed by atoms with van der Waals surface area (Å²) in [7, 11) is 0. The summed E-state index contributed by atoms with van der Waals surface area (Å²) in [6, 6.07) is 8.38. The molecule has 0 fully saturated rings. The quantitative estimate of drug-likeness (QED) is 0.753. The van der Waals surface area contributed by atoms with Gasteiger partial charge in [0.1, 0.15) is 0 Å². The first-order valence-electron chi connectivity index (χ1n) is 6.00. The average molecular weight is 257 g/mol. The molecule has 0 bridgehead atoms. The standard InChI is InChI=1S/C14H15N3S/c1-10-16-9-12(18-10)8-15-6-11-7-17-14-5-3-2-4-13(11)14/h2-5,7,9,15,17H,6,8H2,1H3. The van der Waals surface area contributed by atoms with E-state index in [4.69, 9.17) is 0 Å². The Kier molecular flexibility index (Phi) is 3.13. The van der Waals surface area contributed by atoms with Crippen LogP contribution in [0.1, 0.15) is 15.4 Å². The summed E-state index contributed by atoms with van der Waals surface area (Å²) in [6.07, 6.45) is 4.03. The van der Waals surface area contributed by atoms with Crippen molar-refractivity contribution in [1.82, 2.24) is 15.3 Å². The fourth-order valence-electron chi connectivity index (χ4n) is 2.09. The zero-order valence-corrected chi connectivity index (χ0v) is 11.1. The van der Waals surface area contributed by atoms with Crippen LogP contribution in [0.5, 0.6) is 0 Å². The van der Waals surface area contributed by atoms with Crippen LogP contribution < -0.4 is 5.32 Å². The van der Waals surface area contributed by atoms with Gasteiger partial charge in [-0.1, -0.05) is 18.2 Å². The summed E-state index contributed by atoms with van der Waals surface area (Å²) in [6.45, 7) is 3.79. The Bertz CT molecular complexity index is 654. The molecule has 0 aliphatic heterocycles. The molecule has 0 spiro atoms. The highest BCUT2D eigenvalue weighted by molar-refractivity contribution is 7.11. The number of hydrogen-bond acceptors (Lipinski definition) is 3. The summed E-state index contributed by atoms with van der Waals surface area (Å²) in [4.78, 5) is 8.83. The Balaban J connectivity index is 1.66. The number of rotatable bonds is 4. The van der Waals surface area contributed by atoms with Gasteiger partial charge in [-0.2, -0.15) is 0 Å². The van der Waals surface area contributed by atoms with Crippen LogP contribution in [0.3, 0.4) is 0 Å². The van der Waals surface area contributed by atoms with Crippen LogP contribution in [0.15, 0.2) is 36.7 Å². The number of nitrogens with zero attached hydrogens (tertiary/aromatic N) is 1. The molecule has 0 unspecified atom stereocenters. The first-order valence-corrected chi connectivity index (χ1v) is 6.81. The summed E-state index contributed by atoms with van der Waals surface area (Å²) >= 11 is 1.75. The Morgan fingerprint density at radius 1 is 1.28 bits per heavy atom. The van der Waals surface area contributed by atoms with Crippen molar-refractivity contribution < 1.29 is 0 Å². The number of thiazole rings is 1. The molecule has 3 aromatic rings. The van der Waals surface area contributed by atoms with Crippen LogP contribution in [0, 0.1) is 6.92 Å². The van der Waals surface area contributed by atoms with Crippen molar-refractivity contribution in [2.45, 2.75) is 20.0 Å². The second-order valence-corrected chi connectivity index (χ2v) is 5.63. The number of H-pyrrole nitrogens is 1. The lowest BCUT2D eigenvalue weighted by molar-refractivity contribution is 0.703. The fourth-order valence-corrected chi connectivity index (χ4v) is 2.85. The maximum Gasteiger partial charge on any atom is 0.0897 e. The highest BCUT2D eigenvalue weighted by atomic mass is 32.1. The van der Waals surface area contributed by atoms with Crippen LogP contribution in [0.4, 0.5) is 0 Å². The molecule has 0 aliphatic rings. The Morgan fingerprint density at radius 3 is 3.00 bits per heavy atom. The molecule has 0 radical (unpaired) electrons. The highest BCUT2D eigenvalue weighted by Gasteiger charge is 2.03. The van der Waals surface area contributed by atoms with Crippen LogP contribution in [-0.2, 0) is 13.1 Å². The van der Waals surface area contributed by atoms with Crippen LogP contribution in [0.2, 0.25) is 0 Å². The molecule has 3 nitrogen and oxygen atoms in total. The average Bonchev–Trinajstić information content (AvgIpc) is 2.97. The summed E-state index contributed by atoms with van der Waals surface area (Å²) < 4.78 is 0. The number of aromatic nitrogens is 2. The summed E-state index contributed by atoms with van der Waals surface area (Å²) in [5, 5.41) is 5.88. The number of hydrogen-bond donors (Lipinski definition) is 2. The maximum atomic E-state index is 4.25. The molecule has 4 heteroatoms. The number of aryl methyl sites for hydroxylation is 1. The number of fused-ring (bicyclic) bond motifs is 1. The van der Waals surface area contributed by atoms with Crippen LogP contribution in [-0.4, -0.2) is 9.97 Å². The SMILES string of the molecule is Cc1ncc(CNCc2c[nH]c3ccccc23)s1. The van der Waals surface area contributed by atoms with E-state index in [1.54, 1.807) is 11.3 Å². The van der Waals surface area contributed by atoms with Gasteiger partial charge in [-0.05, 0) is 18.6 Å². The van der Waals surface area contributed by atoms with E-state index in [0.717, 1.165) is 18.1 Å². The van der Waals surface area contributed by atoms with Gasteiger partial charge in [0, 0.05) is 41.3 Å². The van der Waals surface area contributed by atoms with Gasteiger partial charge in [0.2, 0.25) is 0 Å². The molecule has 2 heterocycles. The molecule has 2 aromatic heterocycles. The van der Waals surface area contributed by atoms with Gasteiger partial charge in [-0.25, -0.2) is 4.98 Å². The number of benzene rings is 1. The molecule has 0 saturated carbocycles. The van der Waals surface area contributed by atoms with Crippen molar-refractivity contribution >= 4 is 22.2 Å². The number of para-hydroxylation sites is 1. The Labute approximate surface area is 110 Å². The van der Waals surface area contributed by atoms with Gasteiger partial charge in [0.05, 0.1) is 5.01 Å². The number of aromatic amines is 1. The first kappa shape index (κ1) is 11.4. The molecule has 2 N–H and O–H groups in total. The normalized spacial score (nSPS) is 11.2. The minimum absolute atomic E-state index is 0.876. The third-order valence-electron chi connectivity index (χ3n) is 2.96. The van der Waals surface area contributed by atoms with Crippen molar-refractivity contribution in [2.75, 3.05) is 0 Å². The van der Waals surface area contributed by atoms with E-state index in [2.05, 4.69) is 45.7 Å². The molecule has 0 amide bonds. The van der Waals surface area contributed by atoms with E-state index >= 15 is 0 Å². The molecule has 1 aromatic carbocycles. The fraction of sp³-hybridized carbons (Fsp3) is 0.214. The topological polar surface area (TPSA) is 40.7 Å². The molecular formula is C14H15N3S. The van der Waals surface area contributed by atoms with Crippen molar-refractivity contribution in [3.8, 4) is 0 Å². The molecule has 18 heavy (non-hydrogen) atoms. The van der Waals surface area contributed by atoms with Crippen LogP contribution >= 0.6 is 11.3 Å². The minimum Gasteiger partial charge on any atom is -0.361 e. The monoisotopic (exact) mass is 257 g/mol. The summed E-state index contributed by atoms with van der Waals surface area (Å²) in [5.41, 5.74) is 2.51. The van der Waals surface area contributed by atoms with Gasteiger partial charge < -0.3 is 10.3 Å². The van der Waals surface area contributed by atoms with Crippen molar-refractivity contribution in [1.29, 1.82) is 0 Å². The minimum atomic E-state index is 0.876. The van der Waals surface area contributed by atoms with E-state index in [1.165, 1.54) is 21.3 Å². The van der Waals surface area contributed by atoms with Crippen molar-refractivity contribution in [3.63, 3.8) is 0 Å². The zero-order chi connectivity index (χ0) is 12.4. The van der Waals surface area contributed by atoms with E-state index in [-0.39, 0.29) is 0 Å². The Morgan fingerprint density at radius 2 is 2.17 bits per heavy atom. The molecule has 0 aliphatic carbocycles. The van der Waals surface area contributed by atoms with Crippen molar-refractivity contribution in [2.24, 2.45) is 0 Å². The van der Waals surface area contributed by atoms with E-state index in [1.807, 2.05) is 13.1 Å². The molecular weight excluding hydrogens is 242 g/mol. The zero-order valence-electron chi connectivity index (χ0n) is 10.2. The maximum absolute atomic E-state index is 4.25. The van der Waals surface area contributed by atoms with Crippen molar-refractivity contribution in [3.05, 3.63) is 52.1 Å². The van der Waals surface area contributed by atoms with Gasteiger partial charge >= 0.3 is 0 Å². The van der Waals surface area contributed by atoms with Crippen LogP contribution in [0.25, 0.3) is 10.9 Å². The second kappa shape index (κ2) is 4.92. The van der Waals surface area contributed by atoms with E-state index in [9.17, 15) is 0 Å². The van der Waals surface area contributed by atoms with Gasteiger partial charge in [0.15, 0.2) is 0 Å².